The quantitative estimate of drug-likeness (QED) is 0.524. The van der Waals surface area contributed by atoms with E-state index < -0.39 is 11.4 Å². The van der Waals surface area contributed by atoms with Crippen molar-refractivity contribution in [3.63, 3.8) is 0 Å². The fraction of sp³-hybridized carbons (Fsp3) is 0.517. The van der Waals surface area contributed by atoms with E-state index in [9.17, 15) is 5.11 Å². The summed E-state index contributed by atoms with van der Waals surface area (Å²) in [6, 6.07) is 7.83. The molecule has 33 heavy (non-hydrogen) atoms. The van der Waals surface area contributed by atoms with Gasteiger partial charge in [-0.3, -0.25) is 0 Å². The van der Waals surface area contributed by atoms with Crippen molar-refractivity contribution in [1.82, 2.24) is 0 Å². The summed E-state index contributed by atoms with van der Waals surface area (Å²) in [5.74, 6) is 13.3. The highest BCUT2D eigenvalue weighted by Gasteiger charge is 2.49. The molecule has 0 aromatic heterocycles. The van der Waals surface area contributed by atoms with Gasteiger partial charge in [-0.1, -0.05) is 66.0 Å². The third-order valence-electron chi connectivity index (χ3n) is 7.31. The molecule has 1 heterocycles. The van der Waals surface area contributed by atoms with E-state index in [1.54, 1.807) is 13.8 Å². The second-order valence-electron chi connectivity index (χ2n) is 10.3. The highest BCUT2D eigenvalue weighted by molar-refractivity contribution is 6.30. The molecule has 4 heteroatoms. The molecule has 4 atom stereocenters. The fourth-order valence-electron chi connectivity index (χ4n) is 5.53. The Labute approximate surface area is 202 Å². The predicted octanol–water partition coefficient (Wildman–Crippen LogP) is 5.41. The van der Waals surface area contributed by atoms with Gasteiger partial charge in [0.05, 0.1) is 13.2 Å². The van der Waals surface area contributed by atoms with Crippen molar-refractivity contribution in [2.24, 2.45) is 23.7 Å². The number of benzene rings is 1. The van der Waals surface area contributed by atoms with E-state index >= 15 is 0 Å². The van der Waals surface area contributed by atoms with Crippen LogP contribution in [0.3, 0.4) is 0 Å². The van der Waals surface area contributed by atoms with Crippen LogP contribution in [0.4, 0.5) is 0 Å². The molecular weight excluding hydrogens is 432 g/mol. The molecule has 1 spiro atoms. The zero-order valence-electron chi connectivity index (χ0n) is 19.4. The van der Waals surface area contributed by atoms with Crippen molar-refractivity contribution >= 4 is 11.6 Å². The molecule has 5 aliphatic rings. The van der Waals surface area contributed by atoms with E-state index in [1.807, 2.05) is 24.3 Å². The fourth-order valence-corrected chi connectivity index (χ4v) is 5.89. The molecule has 1 N–H and O–H groups in total. The van der Waals surface area contributed by atoms with E-state index in [1.165, 1.54) is 19.3 Å². The van der Waals surface area contributed by atoms with Crippen LogP contribution < -0.4 is 0 Å². The Balaban J connectivity index is 1.40. The average molecular weight is 463 g/mol. The van der Waals surface area contributed by atoms with Gasteiger partial charge < -0.3 is 14.6 Å². The Morgan fingerprint density at radius 1 is 0.909 bits per heavy atom. The first-order valence-electron chi connectivity index (χ1n) is 12.1. The van der Waals surface area contributed by atoms with Gasteiger partial charge in [-0.25, -0.2) is 0 Å². The zero-order chi connectivity index (χ0) is 23.1. The van der Waals surface area contributed by atoms with Crippen molar-refractivity contribution in [1.29, 1.82) is 0 Å². The summed E-state index contributed by atoms with van der Waals surface area (Å²) < 4.78 is 12.9. The Kier molecular flexibility index (Phi) is 6.19. The van der Waals surface area contributed by atoms with Crippen molar-refractivity contribution in [3.8, 4) is 23.7 Å². The van der Waals surface area contributed by atoms with Crippen LogP contribution in [0, 0.1) is 47.4 Å². The monoisotopic (exact) mass is 462 g/mol. The van der Waals surface area contributed by atoms with E-state index in [0.29, 0.717) is 25.0 Å². The third-order valence-corrected chi connectivity index (χ3v) is 7.69. The SMILES string of the molecule is CC(C)(O)C#Cc1ccccc1C#CC1=C[C@@H]2C(Cl)=C[C@H]1C1COC3(CCCCC3)OCC12. The van der Waals surface area contributed by atoms with Gasteiger partial charge >= 0.3 is 0 Å². The van der Waals surface area contributed by atoms with Crippen LogP contribution in [0.2, 0.25) is 0 Å². The smallest absolute Gasteiger partial charge is 0.168 e. The van der Waals surface area contributed by atoms with Crippen molar-refractivity contribution in [3.05, 3.63) is 58.1 Å². The van der Waals surface area contributed by atoms with E-state index in [0.717, 1.165) is 34.6 Å². The molecule has 0 radical (unpaired) electrons. The lowest BCUT2D eigenvalue weighted by Crippen LogP contribution is -2.40. The van der Waals surface area contributed by atoms with Crippen LogP contribution in [-0.2, 0) is 9.47 Å². The van der Waals surface area contributed by atoms with Gasteiger partial charge in [-0.15, -0.1) is 0 Å². The number of hydrogen-bond acceptors (Lipinski definition) is 3. The summed E-state index contributed by atoms with van der Waals surface area (Å²) in [7, 11) is 0. The lowest BCUT2D eigenvalue weighted by atomic mass is 9.63. The lowest BCUT2D eigenvalue weighted by molar-refractivity contribution is -0.243. The molecule has 172 valence electrons. The van der Waals surface area contributed by atoms with Gasteiger partial charge in [-0.05, 0) is 50.7 Å². The van der Waals surface area contributed by atoms with Gasteiger partial charge in [0.15, 0.2) is 5.79 Å². The van der Waals surface area contributed by atoms with Crippen LogP contribution in [0.1, 0.15) is 57.1 Å². The number of allylic oxidation sites excluding steroid dienone is 4. The van der Waals surface area contributed by atoms with Gasteiger partial charge in [0, 0.05) is 46.4 Å². The maximum Gasteiger partial charge on any atom is 0.168 e. The number of ether oxygens (including phenoxy) is 2. The molecule has 2 bridgehead atoms. The molecule has 1 aromatic carbocycles. The normalized spacial score (nSPS) is 30.1. The van der Waals surface area contributed by atoms with Gasteiger partial charge in [0.2, 0.25) is 0 Å². The lowest BCUT2D eigenvalue weighted by Gasteiger charge is -2.43. The summed E-state index contributed by atoms with van der Waals surface area (Å²) in [4.78, 5) is 0. The maximum absolute atomic E-state index is 9.97. The molecule has 0 amide bonds. The Morgan fingerprint density at radius 3 is 2.21 bits per heavy atom. The minimum atomic E-state index is -1.04. The van der Waals surface area contributed by atoms with Crippen LogP contribution >= 0.6 is 11.6 Å². The molecule has 6 rings (SSSR count). The molecule has 1 aliphatic heterocycles. The Morgan fingerprint density at radius 2 is 1.55 bits per heavy atom. The second-order valence-corrected chi connectivity index (χ2v) is 10.7. The Bertz CT molecular complexity index is 1100. The summed E-state index contributed by atoms with van der Waals surface area (Å²) in [6.07, 6.45) is 10.0. The first-order chi connectivity index (χ1) is 15.8. The third kappa shape index (κ3) is 4.80. The summed E-state index contributed by atoms with van der Waals surface area (Å²) in [5, 5.41) is 10.9. The van der Waals surface area contributed by atoms with Crippen molar-refractivity contribution in [2.45, 2.75) is 57.3 Å². The number of hydrogen-bond donors (Lipinski definition) is 1. The molecule has 2 fully saturated rings. The summed E-state index contributed by atoms with van der Waals surface area (Å²) in [5.41, 5.74) is 1.76. The maximum atomic E-state index is 9.97. The molecule has 2 unspecified atom stereocenters. The van der Waals surface area contributed by atoms with Gasteiger partial charge in [-0.2, -0.15) is 0 Å². The van der Waals surface area contributed by atoms with Crippen molar-refractivity contribution in [2.75, 3.05) is 13.2 Å². The van der Waals surface area contributed by atoms with E-state index in [-0.39, 0.29) is 11.8 Å². The highest BCUT2D eigenvalue weighted by Crippen LogP contribution is 2.51. The van der Waals surface area contributed by atoms with Gasteiger partial charge in [0.25, 0.3) is 0 Å². The van der Waals surface area contributed by atoms with Crippen LogP contribution in [0.15, 0.2) is 47.0 Å². The minimum Gasteiger partial charge on any atom is -0.378 e. The van der Waals surface area contributed by atoms with Gasteiger partial charge in [0.1, 0.15) is 5.60 Å². The van der Waals surface area contributed by atoms with Crippen LogP contribution in [0.5, 0.6) is 0 Å². The van der Waals surface area contributed by atoms with Crippen LogP contribution in [0.25, 0.3) is 0 Å². The zero-order valence-corrected chi connectivity index (χ0v) is 20.1. The second kappa shape index (κ2) is 8.98. The molecule has 1 saturated carbocycles. The topological polar surface area (TPSA) is 38.7 Å². The van der Waals surface area contributed by atoms with E-state index in [2.05, 4.69) is 35.8 Å². The number of halogens is 1. The largest absolute Gasteiger partial charge is 0.378 e. The molecule has 3 nitrogen and oxygen atoms in total. The number of aliphatic hydroxyl groups is 1. The first-order valence-corrected chi connectivity index (χ1v) is 12.4. The highest BCUT2D eigenvalue weighted by atomic mass is 35.5. The molecule has 1 aromatic rings. The minimum absolute atomic E-state index is 0.138. The van der Waals surface area contributed by atoms with Crippen LogP contribution in [-0.4, -0.2) is 29.7 Å². The molecule has 4 aliphatic carbocycles. The van der Waals surface area contributed by atoms with Crippen molar-refractivity contribution < 1.29 is 14.6 Å². The first kappa shape index (κ1) is 22.8. The summed E-state index contributed by atoms with van der Waals surface area (Å²) >= 11 is 6.69. The summed E-state index contributed by atoms with van der Waals surface area (Å²) in [6.45, 7) is 4.75. The number of rotatable bonds is 0. The molecule has 1 saturated heterocycles. The molecular formula is C29H31ClO3. The average Bonchev–Trinajstić information content (AvgIpc) is 2.98. The van der Waals surface area contributed by atoms with E-state index in [4.69, 9.17) is 21.1 Å². The predicted molar refractivity (Wildman–Crippen MR) is 130 cm³/mol. The Hall–Kier alpha value is -2.01. The standard InChI is InChI=1S/C29H31ClO3/c1-28(2,31)15-12-21-9-5-4-8-20(21)10-11-22-16-24-26-19-33-29(13-6-3-7-14-29)32-18-25(26)23(22)17-27(24)30/h4-5,8-9,16-17,23-26,31H,3,6-7,13-14,18-19H2,1-2H3/t23-,24+,25?,26?/m1/s1.